The van der Waals surface area contributed by atoms with Crippen LogP contribution in [0.4, 0.5) is 0 Å². The number of carbonyl (C=O) groups excluding carboxylic acids is 1. The van der Waals surface area contributed by atoms with E-state index in [4.69, 9.17) is 12.2 Å². The zero-order valence-corrected chi connectivity index (χ0v) is 13.3. The fourth-order valence-corrected chi connectivity index (χ4v) is 2.04. The number of carbonyl (C=O) groups is 1. The van der Waals surface area contributed by atoms with Crippen LogP contribution in [0.3, 0.4) is 0 Å². The largest absolute Gasteiger partial charge is 0.300 e. The molecule has 0 aliphatic heterocycles. The molecule has 0 N–H and O–H groups in total. The first kappa shape index (κ1) is 17.3. The molecule has 0 saturated heterocycles. The van der Waals surface area contributed by atoms with Crippen LogP contribution in [-0.2, 0) is 4.79 Å². The van der Waals surface area contributed by atoms with Gasteiger partial charge in [-0.2, -0.15) is 0 Å². The van der Waals surface area contributed by atoms with Gasteiger partial charge in [0.25, 0.3) is 0 Å². The van der Waals surface area contributed by atoms with Gasteiger partial charge in [0.05, 0.1) is 16.1 Å². The average molecular weight is 300 g/mol. The molecular weight excluding hydrogens is 284 g/mol. The highest BCUT2D eigenvalue weighted by Gasteiger charge is 2.07. The first-order valence-electron chi connectivity index (χ1n) is 5.11. The summed E-state index contributed by atoms with van der Waals surface area (Å²) in [4.78, 5) is 18.7. The molecule has 1 aromatic rings. The number of ketones is 1. The minimum absolute atomic E-state index is 0.167. The zero-order valence-electron chi connectivity index (χ0n) is 10.8. The maximum atomic E-state index is 9.44. The molecule has 0 aliphatic carbocycles. The SMILES string of the molecule is CC(C)=O.CS/C(=C(/C)C(=S)S)c1cnccn1. The van der Waals surface area contributed by atoms with E-state index < -0.39 is 0 Å². The Kier molecular flexibility index (Phi) is 8.87. The van der Waals surface area contributed by atoms with Crippen LogP contribution in [0.2, 0.25) is 0 Å². The maximum Gasteiger partial charge on any atom is 0.126 e. The summed E-state index contributed by atoms with van der Waals surface area (Å²) in [5.74, 6) is 0.167. The third-order valence-corrected chi connectivity index (χ3v) is 3.23. The Bertz CT molecular complexity index is 440. The van der Waals surface area contributed by atoms with Crippen LogP contribution in [0.5, 0.6) is 0 Å². The van der Waals surface area contributed by atoms with E-state index in [9.17, 15) is 4.79 Å². The van der Waals surface area contributed by atoms with E-state index in [-0.39, 0.29) is 5.78 Å². The number of hydrogen-bond acceptors (Lipinski definition) is 5. The molecule has 0 fully saturated rings. The molecular formula is C12H16N2OS3. The second kappa shape index (κ2) is 9.24. The van der Waals surface area contributed by atoms with Gasteiger partial charge < -0.3 is 4.79 Å². The highest BCUT2D eigenvalue weighted by molar-refractivity contribution is 8.12. The number of thiocarbonyl (C=S) groups is 1. The van der Waals surface area contributed by atoms with Gasteiger partial charge in [-0.15, -0.1) is 24.4 Å². The van der Waals surface area contributed by atoms with Crippen LogP contribution in [0.15, 0.2) is 24.2 Å². The van der Waals surface area contributed by atoms with Gasteiger partial charge in [0.15, 0.2) is 0 Å². The fraction of sp³-hybridized carbons (Fsp3) is 0.333. The molecule has 18 heavy (non-hydrogen) atoms. The van der Waals surface area contributed by atoms with Crippen molar-refractivity contribution in [3.05, 3.63) is 29.9 Å². The van der Waals surface area contributed by atoms with E-state index in [1.807, 2.05) is 13.2 Å². The predicted molar refractivity (Wildman–Crippen MR) is 86.1 cm³/mol. The van der Waals surface area contributed by atoms with Gasteiger partial charge in [0.1, 0.15) is 5.78 Å². The van der Waals surface area contributed by atoms with Crippen LogP contribution >= 0.6 is 36.6 Å². The van der Waals surface area contributed by atoms with Crippen LogP contribution in [0.25, 0.3) is 4.91 Å². The average Bonchev–Trinajstić information content (AvgIpc) is 2.30. The summed E-state index contributed by atoms with van der Waals surface area (Å²) in [6.45, 7) is 5.00. The van der Waals surface area contributed by atoms with Crippen LogP contribution in [0.1, 0.15) is 26.5 Å². The maximum absolute atomic E-state index is 9.44. The third kappa shape index (κ3) is 6.88. The van der Waals surface area contributed by atoms with Crippen LogP contribution in [-0.4, -0.2) is 26.2 Å². The van der Waals surface area contributed by atoms with E-state index >= 15 is 0 Å². The van der Waals surface area contributed by atoms with Gasteiger partial charge >= 0.3 is 0 Å². The topological polar surface area (TPSA) is 42.9 Å². The molecule has 0 spiro atoms. The van der Waals surface area contributed by atoms with Gasteiger partial charge in [-0.3, -0.25) is 9.97 Å². The molecule has 1 aromatic heterocycles. The lowest BCUT2D eigenvalue weighted by Crippen LogP contribution is -1.94. The number of hydrogen-bond donors (Lipinski definition) is 1. The molecule has 1 heterocycles. The lowest BCUT2D eigenvalue weighted by Gasteiger charge is -2.06. The summed E-state index contributed by atoms with van der Waals surface area (Å²) in [5, 5.41) is 0. The van der Waals surface area contributed by atoms with Crippen molar-refractivity contribution in [2.24, 2.45) is 0 Å². The number of thiol groups is 1. The summed E-state index contributed by atoms with van der Waals surface area (Å²) in [5.41, 5.74) is 1.81. The molecule has 0 aliphatic rings. The number of aromatic nitrogens is 2. The van der Waals surface area contributed by atoms with Crippen molar-refractivity contribution in [2.75, 3.05) is 6.26 Å². The molecule has 0 bridgehead atoms. The smallest absolute Gasteiger partial charge is 0.126 e. The van der Waals surface area contributed by atoms with E-state index in [1.165, 1.54) is 13.8 Å². The Morgan fingerprint density at radius 2 is 1.89 bits per heavy atom. The molecule has 1 rings (SSSR count). The molecule has 0 amide bonds. The highest BCUT2D eigenvalue weighted by atomic mass is 32.2. The predicted octanol–water partition coefficient (Wildman–Crippen LogP) is 3.42. The third-order valence-electron chi connectivity index (χ3n) is 1.66. The second-order valence-electron chi connectivity index (χ2n) is 3.46. The Morgan fingerprint density at radius 3 is 2.22 bits per heavy atom. The Balaban J connectivity index is 0.000000631. The highest BCUT2D eigenvalue weighted by Crippen LogP contribution is 2.27. The van der Waals surface area contributed by atoms with Crippen molar-refractivity contribution >= 4 is 51.5 Å². The summed E-state index contributed by atoms with van der Waals surface area (Å²) in [6, 6.07) is 0. The van der Waals surface area contributed by atoms with Gasteiger partial charge in [-0.05, 0) is 32.6 Å². The molecule has 6 heteroatoms. The zero-order chi connectivity index (χ0) is 14.1. The van der Waals surface area contributed by atoms with E-state index in [0.717, 1.165) is 16.2 Å². The van der Waals surface area contributed by atoms with Crippen molar-refractivity contribution < 1.29 is 4.79 Å². The van der Waals surface area contributed by atoms with Crippen molar-refractivity contribution in [2.45, 2.75) is 20.8 Å². The molecule has 0 aromatic carbocycles. The van der Waals surface area contributed by atoms with Crippen molar-refractivity contribution in [3.63, 3.8) is 0 Å². The fourth-order valence-electron chi connectivity index (χ4n) is 0.963. The monoisotopic (exact) mass is 300 g/mol. The Morgan fingerprint density at radius 1 is 1.33 bits per heavy atom. The van der Waals surface area contributed by atoms with Crippen LogP contribution in [0, 0.1) is 0 Å². The number of nitrogens with zero attached hydrogens (tertiary/aromatic N) is 2. The van der Waals surface area contributed by atoms with Gasteiger partial charge in [0, 0.05) is 17.3 Å². The molecule has 98 valence electrons. The Hall–Kier alpha value is -0.720. The van der Waals surface area contributed by atoms with Crippen LogP contribution < -0.4 is 0 Å². The summed E-state index contributed by atoms with van der Waals surface area (Å²) in [6.07, 6.45) is 7.02. The van der Waals surface area contributed by atoms with Crippen molar-refractivity contribution in [1.29, 1.82) is 0 Å². The quantitative estimate of drug-likeness (QED) is 0.526. The Labute approximate surface area is 123 Å². The van der Waals surface area contributed by atoms with E-state index in [1.54, 1.807) is 30.4 Å². The minimum atomic E-state index is 0.167. The molecule has 0 atom stereocenters. The minimum Gasteiger partial charge on any atom is -0.300 e. The number of thioether (sulfide) groups is 1. The lowest BCUT2D eigenvalue weighted by atomic mass is 10.2. The summed E-state index contributed by atoms with van der Waals surface area (Å²) in [7, 11) is 0. The second-order valence-corrected chi connectivity index (χ2v) is 5.44. The number of rotatable bonds is 3. The summed E-state index contributed by atoms with van der Waals surface area (Å²) >= 11 is 10.8. The van der Waals surface area contributed by atoms with Gasteiger partial charge in [0.2, 0.25) is 0 Å². The number of Topliss-reactive ketones (excluding diaryl/α,β-unsaturated/α-hetero) is 1. The molecule has 0 radical (unpaired) electrons. The van der Waals surface area contributed by atoms with Crippen molar-refractivity contribution in [1.82, 2.24) is 9.97 Å². The molecule has 0 unspecified atom stereocenters. The van der Waals surface area contributed by atoms with Gasteiger partial charge in [-0.25, -0.2) is 0 Å². The van der Waals surface area contributed by atoms with Crippen molar-refractivity contribution in [3.8, 4) is 0 Å². The molecule has 0 saturated carbocycles. The van der Waals surface area contributed by atoms with Gasteiger partial charge in [-0.1, -0.05) is 12.2 Å². The lowest BCUT2D eigenvalue weighted by molar-refractivity contribution is -0.114. The van der Waals surface area contributed by atoms with E-state index in [0.29, 0.717) is 4.20 Å². The van der Waals surface area contributed by atoms with E-state index in [2.05, 4.69) is 22.6 Å². The summed E-state index contributed by atoms with van der Waals surface area (Å²) < 4.78 is 0.597. The first-order valence-corrected chi connectivity index (χ1v) is 7.19. The molecule has 3 nitrogen and oxygen atoms in total. The first-order chi connectivity index (χ1) is 8.40. The normalized spacial score (nSPS) is 10.9. The standard InChI is InChI=1S/C9H10N2S3.C3H6O/c1-6(9(12)13)8(14-2)7-5-10-3-4-11-7;1-3(2)4/h3-5H,1-2H3,(H,12,13);1-2H3/b8-6-;.